The maximum absolute atomic E-state index is 10.6. The zero-order chi connectivity index (χ0) is 20.5. The standard InChI is InChI=1S/C24H26ClNO3/c1-28-24-10-6-5-9-20(24)16-26(15-19-7-3-2-4-8-19)17-22(27)18-29-23-13-11-21(25)12-14-23/h2-14,22,27H,15-18H2,1H3. The van der Waals surface area contributed by atoms with E-state index in [1.54, 1.807) is 31.4 Å². The molecule has 5 heteroatoms. The monoisotopic (exact) mass is 411 g/mol. The first-order valence-electron chi connectivity index (χ1n) is 9.58. The van der Waals surface area contributed by atoms with Crippen LogP contribution in [0.4, 0.5) is 0 Å². The number of methoxy groups -OCH3 is 1. The van der Waals surface area contributed by atoms with Gasteiger partial charge in [-0.1, -0.05) is 60.1 Å². The Kier molecular flexibility index (Phi) is 7.94. The molecule has 29 heavy (non-hydrogen) atoms. The number of rotatable bonds is 10. The first kappa shape index (κ1) is 21.2. The van der Waals surface area contributed by atoms with E-state index < -0.39 is 6.10 Å². The number of hydrogen-bond acceptors (Lipinski definition) is 4. The largest absolute Gasteiger partial charge is 0.496 e. The second-order valence-corrected chi connectivity index (χ2v) is 7.32. The average Bonchev–Trinajstić information content (AvgIpc) is 2.74. The van der Waals surface area contributed by atoms with Gasteiger partial charge in [-0.25, -0.2) is 0 Å². The Morgan fingerprint density at radius 3 is 2.31 bits per heavy atom. The molecule has 1 unspecified atom stereocenters. The summed E-state index contributed by atoms with van der Waals surface area (Å²) in [7, 11) is 1.68. The maximum Gasteiger partial charge on any atom is 0.123 e. The van der Waals surface area contributed by atoms with Crippen molar-refractivity contribution in [1.29, 1.82) is 0 Å². The van der Waals surface area contributed by atoms with E-state index >= 15 is 0 Å². The van der Waals surface area contributed by atoms with Gasteiger partial charge in [0, 0.05) is 30.2 Å². The van der Waals surface area contributed by atoms with Crippen molar-refractivity contribution in [2.75, 3.05) is 20.3 Å². The van der Waals surface area contributed by atoms with Crippen molar-refractivity contribution in [2.45, 2.75) is 19.2 Å². The van der Waals surface area contributed by atoms with Crippen molar-refractivity contribution in [3.63, 3.8) is 0 Å². The van der Waals surface area contributed by atoms with E-state index in [-0.39, 0.29) is 6.61 Å². The summed E-state index contributed by atoms with van der Waals surface area (Å²) >= 11 is 5.90. The summed E-state index contributed by atoms with van der Waals surface area (Å²) in [6.45, 7) is 2.06. The van der Waals surface area contributed by atoms with Gasteiger partial charge >= 0.3 is 0 Å². The molecule has 0 aliphatic rings. The lowest BCUT2D eigenvalue weighted by molar-refractivity contribution is 0.0626. The van der Waals surface area contributed by atoms with Gasteiger partial charge in [0.15, 0.2) is 0 Å². The third-order valence-corrected chi connectivity index (χ3v) is 4.81. The number of aliphatic hydroxyl groups is 1. The lowest BCUT2D eigenvalue weighted by Gasteiger charge is -2.26. The van der Waals surface area contributed by atoms with E-state index in [0.717, 1.165) is 17.9 Å². The first-order valence-corrected chi connectivity index (χ1v) is 9.96. The second-order valence-electron chi connectivity index (χ2n) is 6.89. The minimum Gasteiger partial charge on any atom is -0.496 e. The number of halogens is 1. The Morgan fingerprint density at radius 1 is 0.897 bits per heavy atom. The van der Waals surface area contributed by atoms with Crippen LogP contribution in [0.3, 0.4) is 0 Å². The van der Waals surface area contributed by atoms with Crippen molar-refractivity contribution in [2.24, 2.45) is 0 Å². The van der Waals surface area contributed by atoms with Crippen LogP contribution >= 0.6 is 11.6 Å². The van der Waals surface area contributed by atoms with Gasteiger partial charge in [0.2, 0.25) is 0 Å². The van der Waals surface area contributed by atoms with Crippen molar-refractivity contribution >= 4 is 11.6 Å². The minimum absolute atomic E-state index is 0.207. The van der Waals surface area contributed by atoms with Crippen LogP contribution in [0.25, 0.3) is 0 Å². The zero-order valence-corrected chi connectivity index (χ0v) is 17.3. The van der Waals surface area contributed by atoms with E-state index in [0.29, 0.717) is 23.9 Å². The summed E-state index contributed by atoms with van der Waals surface area (Å²) in [5.74, 6) is 1.53. The molecular weight excluding hydrogens is 386 g/mol. The average molecular weight is 412 g/mol. The van der Waals surface area contributed by atoms with Crippen LogP contribution in [-0.2, 0) is 13.1 Å². The molecule has 0 radical (unpaired) electrons. The zero-order valence-electron chi connectivity index (χ0n) is 16.5. The highest BCUT2D eigenvalue weighted by molar-refractivity contribution is 6.30. The van der Waals surface area contributed by atoms with E-state index in [1.165, 1.54) is 5.56 Å². The molecule has 0 bridgehead atoms. The lowest BCUT2D eigenvalue weighted by Crippen LogP contribution is -2.35. The van der Waals surface area contributed by atoms with E-state index in [1.807, 2.05) is 42.5 Å². The number of ether oxygens (including phenoxy) is 2. The molecule has 0 fully saturated rings. The molecule has 3 aromatic carbocycles. The summed E-state index contributed by atoms with van der Waals surface area (Å²) in [6.07, 6.45) is -0.635. The third kappa shape index (κ3) is 6.79. The molecule has 0 saturated carbocycles. The predicted molar refractivity (Wildman–Crippen MR) is 117 cm³/mol. The van der Waals surface area contributed by atoms with Gasteiger partial charge in [0.05, 0.1) is 7.11 Å². The fourth-order valence-electron chi connectivity index (χ4n) is 3.18. The highest BCUT2D eigenvalue weighted by Gasteiger charge is 2.15. The van der Waals surface area contributed by atoms with Crippen LogP contribution in [0.1, 0.15) is 11.1 Å². The van der Waals surface area contributed by atoms with Crippen LogP contribution in [0.5, 0.6) is 11.5 Å². The Bertz CT molecular complexity index is 871. The van der Waals surface area contributed by atoms with Crippen LogP contribution in [0.2, 0.25) is 5.02 Å². The summed E-state index contributed by atoms with van der Waals surface area (Å²) in [5, 5.41) is 11.3. The van der Waals surface area contributed by atoms with E-state index in [9.17, 15) is 5.11 Å². The molecule has 0 saturated heterocycles. The summed E-state index contributed by atoms with van der Waals surface area (Å²) in [5.41, 5.74) is 2.27. The molecular formula is C24H26ClNO3. The molecule has 0 aromatic heterocycles. The highest BCUT2D eigenvalue weighted by Crippen LogP contribution is 2.21. The van der Waals surface area contributed by atoms with Crippen LogP contribution in [-0.4, -0.2) is 36.4 Å². The van der Waals surface area contributed by atoms with Gasteiger partial charge in [-0.15, -0.1) is 0 Å². The molecule has 0 aliphatic heterocycles. The number of nitrogens with zero attached hydrogens (tertiary/aromatic N) is 1. The quantitative estimate of drug-likeness (QED) is 0.520. The Hall–Kier alpha value is -2.53. The summed E-state index contributed by atoms with van der Waals surface area (Å²) in [6, 6.07) is 25.3. The molecule has 3 aromatic rings. The molecule has 0 heterocycles. The van der Waals surface area contributed by atoms with E-state index in [4.69, 9.17) is 21.1 Å². The topological polar surface area (TPSA) is 41.9 Å². The molecule has 1 atom stereocenters. The van der Waals surface area contributed by atoms with Gasteiger partial charge < -0.3 is 14.6 Å². The third-order valence-electron chi connectivity index (χ3n) is 4.56. The smallest absolute Gasteiger partial charge is 0.123 e. The van der Waals surface area contributed by atoms with Crippen LogP contribution in [0.15, 0.2) is 78.9 Å². The molecule has 1 N–H and O–H groups in total. The molecule has 4 nitrogen and oxygen atoms in total. The molecule has 0 amide bonds. The van der Waals surface area contributed by atoms with Crippen LogP contribution < -0.4 is 9.47 Å². The van der Waals surface area contributed by atoms with Crippen molar-refractivity contribution < 1.29 is 14.6 Å². The number of para-hydroxylation sites is 1. The summed E-state index contributed by atoms with van der Waals surface area (Å²) < 4.78 is 11.2. The van der Waals surface area contributed by atoms with Gasteiger partial charge in [0.1, 0.15) is 24.2 Å². The normalized spacial score (nSPS) is 12.0. The Balaban J connectivity index is 1.65. The fraction of sp³-hybridized carbons (Fsp3) is 0.250. The second kappa shape index (κ2) is 10.9. The fourth-order valence-corrected chi connectivity index (χ4v) is 3.30. The maximum atomic E-state index is 10.6. The summed E-state index contributed by atoms with van der Waals surface area (Å²) in [4.78, 5) is 2.20. The lowest BCUT2D eigenvalue weighted by atomic mass is 10.1. The highest BCUT2D eigenvalue weighted by atomic mass is 35.5. The first-order chi connectivity index (χ1) is 14.1. The van der Waals surface area contributed by atoms with Gasteiger partial charge in [-0.2, -0.15) is 0 Å². The van der Waals surface area contributed by atoms with Gasteiger partial charge in [0.25, 0.3) is 0 Å². The Labute approximate surface area is 177 Å². The van der Waals surface area contributed by atoms with E-state index in [2.05, 4.69) is 17.0 Å². The van der Waals surface area contributed by atoms with Crippen molar-refractivity contribution in [3.05, 3.63) is 95.0 Å². The van der Waals surface area contributed by atoms with Crippen molar-refractivity contribution in [3.8, 4) is 11.5 Å². The van der Waals surface area contributed by atoms with Gasteiger partial charge in [-0.05, 0) is 35.9 Å². The molecule has 0 spiro atoms. The van der Waals surface area contributed by atoms with Crippen LogP contribution in [0, 0.1) is 0 Å². The van der Waals surface area contributed by atoms with Crippen molar-refractivity contribution in [1.82, 2.24) is 4.90 Å². The molecule has 0 aliphatic carbocycles. The number of hydrogen-bond donors (Lipinski definition) is 1. The Morgan fingerprint density at radius 2 is 1.59 bits per heavy atom. The molecule has 152 valence electrons. The molecule has 3 rings (SSSR count). The minimum atomic E-state index is -0.635. The van der Waals surface area contributed by atoms with Gasteiger partial charge in [-0.3, -0.25) is 4.90 Å². The number of benzene rings is 3. The number of aliphatic hydroxyl groups excluding tert-OH is 1. The SMILES string of the molecule is COc1ccccc1CN(Cc1ccccc1)CC(O)COc1ccc(Cl)cc1. The predicted octanol–water partition coefficient (Wildman–Crippen LogP) is 4.79.